The zero-order chi connectivity index (χ0) is 18.7. The molecule has 0 spiro atoms. The van der Waals surface area contributed by atoms with Crippen LogP contribution in [0.2, 0.25) is 0 Å². The van der Waals surface area contributed by atoms with Gasteiger partial charge in [0.15, 0.2) is 5.82 Å². The number of aromatic nitrogens is 2. The fourth-order valence-electron chi connectivity index (χ4n) is 3.02. The number of para-hydroxylation sites is 1. The molecule has 0 saturated heterocycles. The Hall–Kier alpha value is -2.66. The minimum absolute atomic E-state index is 0.179. The van der Waals surface area contributed by atoms with Gasteiger partial charge in [-0.2, -0.15) is 0 Å². The van der Waals surface area contributed by atoms with Crippen LogP contribution in [0, 0.1) is 6.92 Å². The molecule has 1 aromatic heterocycles. The van der Waals surface area contributed by atoms with Crippen LogP contribution >= 0.6 is 0 Å². The number of aryl methyl sites for hydroxylation is 1. The van der Waals surface area contributed by atoms with E-state index in [9.17, 15) is 5.11 Å². The molecule has 0 unspecified atom stereocenters. The van der Waals surface area contributed by atoms with Crippen LogP contribution in [-0.2, 0) is 4.74 Å². The summed E-state index contributed by atoms with van der Waals surface area (Å²) in [6.07, 6.45) is 0. The summed E-state index contributed by atoms with van der Waals surface area (Å²) in [6.45, 7) is 7.66. The number of phenolic OH excluding ortho intramolecular Hbond substituents is 1. The predicted octanol–water partition coefficient (Wildman–Crippen LogP) is 4.17. The minimum Gasteiger partial charge on any atom is -0.507 e. The Balaban J connectivity index is 2.24. The number of hydrogen-bond donors (Lipinski definition) is 1. The molecule has 0 aliphatic carbocycles. The van der Waals surface area contributed by atoms with Gasteiger partial charge in [-0.05, 0) is 50.6 Å². The van der Waals surface area contributed by atoms with E-state index in [1.165, 1.54) is 0 Å². The third-order valence-electron chi connectivity index (χ3n) is 4.41. The first-order valence-electron chi connectivity index (χ1n) is 8.83. The second-order valence-electron chi connectivity index (χ2n) is 6.69. The molecule has 2 aromatic carbocycles. The van der Waals surface area contributed by atoms with Gasteiger partial charge in [-0.1, -0.05) is 18.2 Å². The van der Waals surface area contributed by atoms with E-state index in [1.807, 2.05) is 19.1 Å². The number of ether oxygens (including phenoxy) is 1. The highest BCUT2D eigenvalue weighted by Gasteiger charge is 2.19. The maximum absolute atomic E-state index is 10.3. The summed E-state index contributed by atoms with van der Waals surface area (Å²) in [5.74, 6) is 1.57. The van der Waals surface area contributed by atoms with Gasteiger partial charge < -0.3 is 14.7 Å². The Labute approximate surface area is 154 Å². The minimum atomic E-state index is 0.179. The van der Waals surface area contributed by atoms with E-state index >= 15 is 0 Å². The zero-order valence-corrected chi connectivity index (χ0v) is 15.7. The quantitative estimate of drug-likeness (QED) is 0.722. The summed E-state index contributed by atoms with van der Waals surface area (Å²) in [5, 5.41) is 11.3. The second-order valence-corrected chi connectivity index (χ2v) is 6.69. The number of aromatic hydroxyl groups is 1. The van der Waals surface area contributed by atoms with E-state index in [0.717, 1.165) is 28.8 Å². The molecule has 1 heterocycles. The van der Waals surface area contributed by atoms with Crippen molar-refractivity contribution in [3.63, 3.8) is 0 Å². The Morgan fingerprint density at radius 1 is 1.12 bits per heavy atom. The van der Waals surface area contributed by atoms with E-state index in [2.05, 4.69) is 36.9 Å². The van der Waals surface area contributed by atoms with Crippen molar-refractivity contribution in [3.8, 4) is 17.1 Å². The van der Waals surface area contributed by atoms with E-state index < -0.39 is 0 Å². The molecule has 0 amide bonds. The van der Waals surface area contributed by atoms with Crippen molar-refractivity contribution >= 4 is 16.7 Å². The average Bonchev–Trinajstić information content (AvgIpc) is 2.61. The van der Waals surface area contributed by atoms with Crippen LogP contribution in [0.15, 0.2) is 42.5 Å². The van der Waals surface area contributed by atoms with Gasteiger partial charge in [-0.3, -0.25) is 0 Å². The van der Waals surface area contributed by atoms with Gasteiger partial charge in [-0.25, -0.2) is 9.97 Å². The molecule has 0 aliphatic heterocycles. The monoisotopic (exact) mass is 351 g/mol. The maximum Gasteiger partial charge on any atom is 0.165 e. The number of benzene rings is 2. The van der Waals surface area contributed by atoms with Gasteiger partial charge in [0.1, 0.15) is 11.6 Å². The summed E-state index contributed by atoms with van der Waals surface area (Å²) in [4.78, 5) is 11.8. The summed E-state index contributed by atoms with van der Waals surface area (Å²) in [5.41, 5.74) is 2.64. The predicted molar refractivity (Wildman–Crippen MR) is 106 cm³/mol. The van der Waals surface area contributed by atoms with Crippen molar-refractivity contribution in [1.29, 1.82) is 0 Å². The SMILES string of the molecule is COCCN(c1nc(-c2ccccc2O)nc2cc(C)ccc12)C(C)C. The number of nitrogens with zero attached hydrogens (tertiary/aromatic N) is 3. The summed E-state index contributed by atoms with van der Waals surface area (Å²) in [6, 6.07) is 13.6. The van der Waals surface area contributed by atoms with Gasteiger partial charge in [0.05, 0.1) is 17.7 Å². The fourth-order valence-corrected chi connectivity index (χ4v) is 3.02. The molecule has 0 aliphatic rings. The first kappa shape index (κ1) is 18.1. The van der Waals surface area contributed by atoms with Crippen molar-refractivity contribution in [2.45, 2.75) is 26.8 Å². The Morgan fingerprint density at radius 2 is 1.88 bits per heavy atom. The highest BCUT2D eigenvalue weighted by molar-refractivity contribution is 5.92. The number of methoxy groups -OCH3 is 1. The highest BCUT2D eigenvalue weighted by Crippen LogP contribution is 2.32. The molecule has 0 saturated carbocycles. The molecule has 1 N–H and O–H groups in total. The number of rotatable bonds is 6. The number of hydrogen-bond acceptors (Lipinski definition) is 5. The first-order valence-corrected chi connectivity index (χ1v) is 8.83. The van der Waals surface area contributed by atoms with Crippen LogP contribution in [0.4, 0.5) is 5.82 Å². The molecule has 136 valence electrons. The number of phenols is 1. The van der Waals surface area contributed by atoms with Crippen LogP contribution in [0.3, 0.4) is 0 Å². The van der Waals surface area contributed by atoms with Crippen molar-refractivity contribution in [3.05, 3.63) is 48.0 Å². The molecule has 0 atom stereocenters. The van der Waals surface area contributed by atoms with Crippen molar-refractivity contribution in [2.75, 3.05) is 25.2 Å². The molecule has 5 nitrogen and oxygen atoms in total. The van der Waals surface area contributed by atoms with Crippen LogP contribution in [0.5, 0.6) is 5.75 Å². The Kier molecular flexibility index (Phi) is 5.38. The molecule has 26 heavy (non-hydrogen) atoms. The molecule has 0 fully saturated rings. The topological polar surface area (TPSA) is 58.5 Å². The summed E-state index contributed by atoms with van der Waals surface area (Å²) in [7, 11) is 1.70. The van der Waals surface area contributed by atoms with Gasteiger partial charge in [0, 0.05) is 25.1 Å². The molecular weight excluding hydrogens is 326 g/mol. The molecule has 3 rings (SSSR count). The molecular formula is C21H25N3O2. The van der Waals surface area contributed by atoms with E-state index in [-0.39, 0.29) is 11.8 Å². The standard InChI is InChI=1S/C21H25N3O2/c1-14(2)24(11-12-26-4)21-16-10-9-15(3)13-18(16)22-20(23-21)17-7-5-6-8-19(17)25/h5-10,13-14,25H,11-12H2,1-4H3. The highest BCUT2D eigenvalue weighted by atomic mass is 16.5. The molecule has 0 bridgehead atoms. The van der Waals surface area contributed by atoms with E-state index in [4.69, 9.17) is 14.7 Å². The number of anilines is 1. The first-order chi connectivity index (χ1) is 12.5. The molecule has 5 heteroatoms. The van der Waals surface area contributed by atoms with Crippen LogP contribution in [0.25, 0.3) is 22.3 Å². The van der Waals surface area contributed by atoms with Crippen LogP contribution in [0.1, 0.15) is 19.4 Å². The summed E-state index contributed by atoms with van der Waals surface area (Å²) >= 11 is 0. The maximum atomic E-state index is 10.3. The Bertz CT molecular complexity index is 909. The van der Waals surface area contributed by atoms with E-state index in [0.29, 0.717) is 18.0 Å². The van der Waals surface area contributed by atoms with Crippen LogP contribution < -0.4 is 4.90 Å². The normalized spacial score (nSPS) is 11.3. The van der Waals surface area contributed by atoms with Gasteiger partial charge in [0.25, 0.3) is 0 Å². The lowest BCUT2D eigenvalue weighted by Crippen LogP contribution is -2.34. The van der Waals surface area contributed by atoms with Gasteiger partial charge in [0.2, 0.25) is 0 Å². The largest absolute Gasteiger partial charge is 0.507 e. The smallest absolute Gasteiger partial charge is 0.165 e. The van der Waals surface area contributed by atoms with E-state index in [1.54, 1.807) is 19.2 Å². The third-order valence-corrected chi connectivity index (χ3v) is 4.41. The lowest BCUT2D eigenvalue weighted by molar-refractivity contribution is 0.203. The fraction of sp³-hybridized carbons (Fsp3) is 0.333. The lowest BCUT2D eigenvalue weighted by Gasteiger charge is -2.29. The lowest BCUT2D eigenvalue weighted by atomic mass is 10.1. The van der Waals surface area contributed by atoms with Crippen molar-refractivity contribution in [2.24, 2.45) is 0 Å². The van der Waals surface area contributed by atoms with Crippen molar-refractivity contribution in [1.82, 2.24) is 9.97 Å². The van der Waals surface area contributed by atoms with Gasteiger partial charge >= 0.3 is 0 Å². The van der Waals surface area contributed by atoms with Crippen LogP contribution in [-0.4, -0.2) is 41.4 Å². The summed E-state index contributed by atoms with van der Waals surface area (Å²) < 4.78 is 5.28. The molecule has 0 radical (unpaired) electrons. The Morgan fingerprint density at radius 3 is 2.58 bits per heavy atom. The molecule has 3 aromatic rings. The second kappa shape index (κ2) is 7.70. The van der Waals surface area contributed by atoms with Crippen molar-refractivity contribution < 1.29 is 9.84 Å². The zero-order valence-electron chi connectivity index (χ0n) is 15.7. The average molecular weight is 351 g/mol. The van der Waals surface area contributed by atoms with Gasteiger partial charge in [-0.15, -0.1) is 0 Å². The third kappa shape index (κ3) is 3.63. The number of fused-ring (bicyclic) bond motifs is 1.